The minimum absolute atomic E-state index is 0.404. The molecule has 0 saturated carbocycles. The van der Waals surface area contributed by atoms with E-state index in [1.807, 2.05) is 19.1 Å². The molecular weight excluding hydrogens is 272 g/mol. The van der Waals surface area contributed by atoms with E-state index in [9.17, 15) is 0 Å². The van der Waals surface area contributed by atoms with Crippen molar-refractivity contribution in [3.8, 4) is 0 Å². The minimum Gasteiger partial charge on any atom is -0.369 e. The number of hydrogen-bond donors (Lipinski definition) is 1. The zero-order valence-corrected chi connectivity index (χ0v) is 12.1. The van der Waals surface area contributed by atoms with E-state index < -0.39 is 0 Å². The monoisotopic (exact) mass is 288 g/mol. The maximum atomic E-state index is 5.92. The molecule has 0 bridgehead atoms. The first kappa shape index (κ1) is 13.2. The van der Waals surface area contributed by atoms with Crippen LogP contribution in [0.4, 0.5) is 11.5 Å². The van der Waals surface area contributed by atoms with Crippen molar-refractivity contribution in [2.75, 3.05) is 23.3 Å². The van der Waals surface area contributed by atoms with E-state index in [2.05, 4.69) is 32.3 Å². The smallest absolute Gasteiger partial charge is 0.145 e. The number of hydrogen-bond acceptors (Lipinski definition) is 4. The van der Waals surface area contributed by atoms with Crippen molar-refractivity contribution in [2.24, 2.45) is 0 Å². The highest BCUT2D eigenvalue weighted by Crippen LogP contribution is 2.23. The van der Waals surface area contributed by atoms with Gasteiger partial charge in [0.25, 0.3) is 0 Å². The summed E-state index contributed by atoms with van der Waals surface area (Å²) in [6.45, 7) is 3.96. The van der Waals surface area contributed by atoms with Crippen LogP contribution in [0.15, 0.2) is 36.7 Å². The molecule has 1 aliphatic heterocycles. The maximum Gasteiger partial charge on any atom is 0.145 e. The Morgan fingerprint density at radius 1 is 1.25 bits per heavy atom. The molecule has 2 aromatic rings. The van der Waals surface area contributed by atoms with Gasteiger partial charge >= 0.3 is 0 Å². The average molecular weight is 289 g/mol. The first-order chi connectivity index (χ1) is 9.70. The zero-order chi connectivity index (χ0) is 13.9. The predicted molar refractivity (Wildman–Crippen MR) is 82.5 cm³/mol. The molecule has 104 valence electrons. The Hall–Kier alpha value is -1.81. The summed E-state index contributed by atoms with van der Waals surface area (Å²) in [7, 11) is 0. The van der Waals surface area contributed by atoms with Crippen LogP contribution in [0.25, 0.3) is 0 Å². The number of nitrogens with zero attached hydrogens (tertiary/aromatic N) is 3. The molecule has 0 spiro atoms. The molecule has 4 nitrogen and oxygen atoms in total. The first-order valence-electron chi connectivity index (χ1n) is 6.76. The van der Waals surface area contributed by atoms with Crippen LogP contribution in [0.2, 0.25) is 5.02 Å². The second-order valence-electron chi connectivity index (χ2n) is 5.10. The van der Waals surface area contributed by atoms with Gasteiger partial charge in [0.15, 0.2) is 0 Å². The Labute approximate surface area is 123 Å². The molecule has 5 heteroatoms. The fourth-order valence-corrected chi connectivity index (χ4v) is 2.63. The average Bonchev–Trinajstić information content (AvgIpc) is 2.88. The molecule has 3 rings (SSSR count). The van der Waals surface area contributed by atoms with Gasteiger partial charge in [0.1, 0.15) is 5.82 Å². The lowest BCUT2D eigenvalue weighted by Gasteiger charge is -2.19. The number of aromatic nitrogens is 2. The Balaban J connectivity index is 1.63. The van der Waals surface area contributed by atoms with Gasteiger partial charge in [0.05, 0.1) is 11.9 Å². The second kappa shape index (κ2) is 5.67. The van der Waals surface area contributed by atoms with Crippen LogP contribution < -0.4 is 10.2 Å². The number of anilines is 2. The van der Waals surface area contributed by atoms with Gasteiger partial charge < -0.3 is 10.2 Å². The van der Waals surface area contributed by atoms with Gasteiger partial charge in [-0.05, 0) is 37.6 Å². The van der Waals surface area contributed by atoms with Gasteiger partial charge in [-0.1, -0.05) is 11.6 Å². The third kappa shape index (κ3) is 3.02. The predicted octanol–water partition coefficient (Wildman–Crippen LogP) is 3.13. The van der Waals surface area contributed by atoms with Gasteiger partial charge in [0.2, 0.25) is 0 Å². The van der Waals surface area contributed by atoms with E-state index in [-0.39, 0.29) is 0 Å². The number of nitrogens with one attached hydrogen (secondary N) is 1. The molecular formula is C15H17ClN4. The van der Waals surface area contributed by atoms with Crippen LogP contribution in [0.3, 0.4) is 0 Å². The van der Waals surface area contributed by atoms with Crippen molar-refractivity contribution in [2.45, 2.75) is 19.4 Å². The molecule has 1 unspecified atom stereocenters. The molecule has 1 fully saturated rings. The molecule has 0 amide bonds. The highest BCUT2D eigenvalue weighted by Gasteiger charge is 2.22. The van der Waals surface area contributed by atoms with Gasteiger partial charge in [-0.2, -0.15) is 0 Å². The zero-order valence-electron chi connectivity index (χ0n) is 11.4. The lowest BCUT2D eigenvalue weighted by Crippen LogP contribution is -2.26. The summed E-state index contributed by atoms with van der Waals surface area (Å²) in [4.78, 5) is 11.0. The Kier molecular flexibility index (Phi) is 3.74. The van der Waals surface area contributed by atoms with E-state index in [0.717, 1.165) is 36.0 Å². The highest BCUT2D eigenvalue weighted by molar-refractivity contribution is 6.30. The summed E-state index contributed by atoms with van der Waals surface area (Å²) < 4.78 is 0. The van der Waals surface area contributed by atoms with Crippen molar-refractivity contribution in [1.29, 1.82) is 0 Å². The van der Waals surface area contributed by atoms with E-state index in [1.165, 1.54) is 5.69 Å². The second-order valence-corrected chi connectivity index (χ2v) is 5.53. The fraction of sp³-hybridized carbons (Fsp3) is 0.333. The lowest BCUT2D eigenvalue weighted by atomic mass is 10.2. The summed E-state index contributed by atoms with van der Waals surface area (Å²) in [5.41, 5.74) is 2.15. The Bertz CT molecular complexity index is 585. The number of halogens is 1. The molecule has 1 aromatic carbocycles. The van der Waals surface area contributed by atoms with Crippen molar-refractivity contribution >= 4 is 23.1 Å². The fourth-order valence-electron chi connectivity index (χ4n) is 2.51. The molecule has 0 radical (unpaired) electrons. The molecule has 20 heavy (non-hydrogen) atoms. The van der Waals surface area contributed by atoms with Crippen LogP contribution in [-0.2, 0) is 0 Å². The van der Waals surface area contributed by atoms with Gasteiger partial charge in [-0.25, -0.2) is 4.98 Å². The van der Waals surface area contributed by atoms with Crippen LogP contribution in [0.1, 0.15) is 12.1 Å². The first-order valence-corrected chi connectivity index (χ1v) is 7.14. The molecule has 1 N–H and O–H groups in total. The third-order valence-corrected chi connectivity index (χ3v) is 3.74. The molecule has 1 saturated heterocycles. The lowest BCUT2D eigenvalue weighted by molar-refractivity contribution is 0.797. The minimum atomic E-state index is 0.404. The summed E-state index contributed by atoms with van der Waals surface area (Å²) in [6, 6.07) is 8.41. The largest absolute Gasteiger partial charge is 0.369 e. The molecule has 1 atom stereocenters. The third-order valence-electron chi connectivity index (χ3n) is 3.49. The van der Waals surface area contributed by atoms with E-state index in [1.54, 1.807) is 12.4 Å². The molecule has 0 aliphatic carbocycles. The highest BCUT2D eigenvalue weighted by atomic mass is 35.5. The quantitative estimate of drug-likeness (QED) is 0.942. The number of rotatable bonds is 3. The molecule has 2 heterocycles. The van der Waals surface area contributed by atoms with Gasteiger partial charge in [-0.15, -0.1) is 0 Å². The van der Waals surface area contributed by atoms with Gasteiger partial charge in [0, 0.05) is 36.0 Å². The van der Waals surface area contributed by atoms with Crippen molar-refractivity contribution in [1.82, 2.24) is 9.97 Å². The molecule has 1 aromatic heterocycles. The Morgan fingerprint density at radius 3 is 2.80 bits per heavy atom. The summed E-state index contributed by atoms with van der Waals surface area (Å²) >= 11 is 5.92. The van der Waals surface area contributed by atoms with Crippen LogP contribution in [0.5, 0.6) is 0 Å². The molecule has 1 aliphatic rings. The SMILES string of the molecule is Cc1cncc(NC2CCN(c3ccc(Cl)cc3)C2)n1. The van der Waals surface area contributed by atoms with Crippen LogP contribution in [0, 0.1) is 6.92 Å². The number of benzene rings is 1. The van der Waals surface area contributed by atoms with Crippen LogP contribution in [-0.4, -0.2) is 29.1 Å². The van der Waals surface area contributed by atoms with Crippen molar-refractivity contribution in [3.05, 3.63) is 47.4 Å². The van der Waals surface area contributed by atoms with E-state index in [0.29, 0.717) is 6.04 Å². The van der Waals surface area contributed by atoms with E-state index in [4.69, 9.17) is 11.6 Å². The summed E-state index contributed by atoms with van der Waals surface area (Å²) in [6.07, 6.45) is 4.63. The van der Waals surface area contributed by atoms with E-state index >= 15 is 0 Å². The van der Waals surface area contributed by atoms with Crippen molar-refractivity contribution in [3.63, 3.8) is 0 Å². The topological polar surface area (TPSA) is 41.1 Å². The Morgan fingerprint density at radius 2 is 2.05 bits per heavy atom. The van der Waals surface area contributed by atoms with Crippen molar-refractivity contribution < 1.29 is 0 Å². The standard InChI is InChI=1S/C15H17ClN4/c1-11-8-17-9-15(18-11)19-13-6-7-20(10-13)14-4-2-12(16)3-5-14/h2-5,8-9,13H,6-7,10H2,1H3,(H,18,19). The maximum absolute atomic E-state index is 5.92. The normalized spacial score (nSPS) is 18.3. The van der Waals surface area contributed by atoms with Crippen LogP contribution >= 0.6 is 11.6 Å². The summed E-state index contributed by atoms with van der Waals surface area (Å²) in [5.74, 6) is 0.855. The van der Waals surface area contributed by atoms with Gasteiger partial charge in [-0.3, -0.25) is 4.98 Å². The summed E-state index contributed by atoms with van der Waals surface area (Å²) in [5, 5.41) is 4.23. The number of aryl methyl sites for hydroxylation is 1.